The number of nitrogens with one attached hydrogen (secondary N) is 2. The fourth-order valence-corrected chi connectivity index (χ4v) is 3.23. The fraction of sp³-hybridized carbons (Fsp3) is 0.600. The van der Waals surface area contributed by atoms with E-state index in [1.165, 1.54) is 17.8 Å². The lowest BCUT2D eigenvalue weighted by Gasteiger charge is -2.16. The summed E-state index contributed by atoms with van der Waals surface area (Å²) in [7, 11) is -3.24. The van der Waals surface area contributed by atoms with Crippen LogP contribution in [-0.2, 0) is 14.6 Å². The van der Waals surface area contributed by atoms with E-state index in [2.05, 4.69) is 10.6 Å². The molecule has 1 unspecified atom stereocenters. The van der Waals surface area contributed by atoms with E-state index in [4.69, 9.17) is 5.11 Å². The highest BCUT2D eigenvalue weighted by molar-refractivity contribution is 7.98. The molecule has 19 heavy (non-hydrogen) atoms. The van der Waals surface area contributed by atoms with Crippen molar-refractivity contribution in [3.05, 3.63) is 11.5 Å². The minimum atomic E-state index is -3.24. The Morgan fingerprint density at radius 3 is 2.68 bits per heavy atom. The Labute approximate surface area is 115 Å². The topological polar surface area (TPSA) is 113 Å². The first-order valence-corrected chi connectivity index (χ1v) is 8.64. The van der Waals surface area contributed by atoms with E-state index in [-0.39, 0.29) is 5.75 Å². The van der Waals surface area contributed by atoms with E-state index in [0.717, 1.165) is 5.41 Å². The minimum Gasteiger partial charge on any atom is -0.480 e. The summed E-state index contributed by atoms with van der Waals surface area (Å²) in [4.78, 5) is 22.5. The van der Waals surface area contributed by atoms with Crippen LogP contribution < -0.4 is 10.6 Å². The smallest absolute Gasteiger partial charge is 0.326 e. The molecule has 0 saturated heterocycles. The molecule has 0 saturated carbocycles. The number of urea groups is 1. The van der Waals surface area contributed by atoms with Gasteiger partial charge in [-0.15, -0.1) is 0 Å². The van der Waals surface area contributed by atoms with E-state index in [1.54, 1.807) is 0 Å². The minimum absolute atomic E-state index is 0.191. The normalized spacial score (nSPS) is 21.8. The lowest BCUT2D eigenvalue weighted by Crippen LogP contribution is -2.49. The fourth-order valence-electron chi connectivity index (χ4n) is 1.53. The Morgan fingerprint density at radius 1 is 1.53 bits per heavy atom. The summed E-state index contributed by atoms with van der Waals surface area (Å²) < 4.78 is 22.3. The van der Waals surface area contributed by atoms with Crippen molar-refractivity contribution in [3.63, 3.8) is 0 Å². The number of carboxylic acid groups (broad SMARTS) is 1. The summed E-state index contributed by atoms with van der Waals surface area (Å²) >= 11 is 1.48. The van der Waals surface area contributed by atoms with Crippen LogP contribution in [-0.4, -0.2) is 55.4 Å². The molecule has 0 bridgehead atoms. The zero-order chi connectivity index (χ0) is 14.5. The van der Waals surface area contributed by atoms with E-state index in [0.29, 0.717) is 12.2 Å². The molecule has 9 heteroatoms. The van der Waals surface area contributed by atoms with Gasteiger partial charge in [0.2, 0.25) is 0 Å². The average Bonchev–Trinajstić information content (AvgIpc) is 2.63. The number of hydrogen-bond acceptors (Lipinski definition) is 5. The highest BCUT2D eigenvalue weighted by Gasteiger charge is 2.25. The molecule has 1 rings (SSSR count). The molecule has 0 aromatic carbocycles. The van der Waals surface area contributed by atoms with Gasteiger partial charge in [0.1, 0.15) is 6.04 Å². The Morgan fingerprint density at radius 2 is 2.21 bits per heavy atom. The average molecular weight is 308 g/mol. The quantitative estimate of drug-likeness (QED) is 0.626. The number of thioether (sulfide) groups is 1. The molecule has 2 atom stereocenters. The van der Waals surface area contributed by atoms with Crippen LogP contribution in [0, 0.1) is 0 Å². The predicted octanol–water partition coefficient (Wildman–Crippen LogP) is -0.197. The summed E-state index contributed by atoms with van der Waals surface area (Å²) in [6.07, 6.45) is 3.52. The van der Waals surface area contributed by atoms with E-state index >= 15 is 0 Å². The number of aliphatic carboxylic acids is 1. The first kappa shape index (κ1) is 15.8. The molecule has 1 heterocycles. The molecule has 7 nitrogen and oxygen atoms in total. The van der Waals surface area contributed by atoms with Gasteiger partial charge in [-0.25, -0.2) is 18.0 Å². The van der Waals surface area contributed by atoms with E-state index < -0.39 is 33.9 Å². The summed E-state index contributed by atoms with van der Waals surface area (Å²) in [6, 6.07) is -2.27. The molecule has 0 fully saturated rings. The molecule has 0 spiro atoms. The van der Waals surface area contributed by atoms with Crippen molar-refractivity contribution in [2.24, 2.45) is 0 Å². The van der Waals surface area contributed by atoms with Crippen LogP contribution in [0.25, 0.3) is 0 Å². The second-order valence-corrected chi connectivity index (χ2v) is 6.97. The van der Waals surface area contributed by atoms with Crippen molar-refractivity contribution in [3.8, 4) is 0 Å². The molecule has 108 valence electrons. The highest BCUT2D eigenvalue weighted by atomic mass is 32.2. The SMILES string of the molecule is CSCC[C@H](NC(=O)NC1C=CS(=O)(=O)C1)C(=O)O. The van der Waals surface area contributed by atoms with Crippen LogP contribution in [0.3, 0.4) is 0 Å². The van der Waals surface area contributed by atoms with Crippen molar-refractivity contribution >= 4 is 33.6 Å². The van der Waals surface area contributed by atoms with Crippen molar-refractivity contribution in [1.82, 2.24) is 10.6 Å². The number of hydrogen-bond donors (Lipinski definition) is 3. The zero-order valence-electron chi connectivity index (χ0n) is 10.3. The molecular formula is C10H16N2O5S2. The lowest BCUT2D eigenvalue weighted by molar-refractivity contribution is -0.139. The van der Waals surface area contributed by atoms with Crippen molar-refractivity contribution in [1.29, 1.82) is 0 Å². The standard InChI is InChI=1S/C10H16N2O5S2/c1-18-4-2-8(9(13)14)12-10(15)11-7-3-5-19(16,17)6-7/h3,5,7-8H,2,4,6H2,1H3,(H,13,14)(H2,11,12,15)/t7?,8-/m0/s1. The third-order valence-corrected chi connectivity index (χ3v) is 4.50. The van der Waals surface area contributed by atoms with Gasteiger partial charge in [-0.05, 0) is 24.5 Å². The van der Waals surface area contributed by atoms with Crippen molar-refractivity contribution < 1.29 is 23.1 Å². The van der Waals surface area contributed by atoms with Crippen LogP contribution in [0.15, 0.2) is 11.5 Å². The second-order valence-electron chi connectivity index (χ2n) is 4.05. The molecule has 0 aromatic heterocycles. The molecule has 2 amide bonds. The predicted molar refractivity (Wildman–Crippen MR) is 72.8 cm³/mol. The van der Waals surface area contributed by atoms with Crippen LogP contribution in [0.5, 0.6) is 0 Å². The third-order valence-electron chi connectivity index (χ3n) is 2.46. The summed E-state index contributed by atoms with van der Waals surface area (Å²) in [5.74, 6) is -0.698. The zero-order valence-corrected chi connectivity index (χ0v) is 12.0. The number of carbonyl (C=O) groups excluding carboxylic acids is 1. The molecule has 1 aliphatic heterocycles. The van der Waals surface area contributed by atoms with Gasteiger partial charge in [-0.2, -0.15) is 11.8 Å². The Balaban J connectivity index is 2.45. The molecular weight excluding hydrogens is 292 g/mol. The number of amides is 2. The monoisotopic (exact) mass is 308 g/mol. The lowest BCUT2D eigenvalue weighted by atomic mass is 10.2. The largest absolute Gasteiger partial charge is 0.480 e. The number of rotatable bonds is 6. The number of carbonyl (C=O) groups is 2. The Bertz CT molecular complexity index is 474. The van der Waals surface area contributed by atoms with Gasteiger partial charge >= 0.3 is 12.0 Å². The van der Waals surface area contributed by atoms with Gasteiger partial charge in [0.25, 0.3) is 0 Å². The van der Waals surface area contributed by atoms with Gasteiger partial charge in [-0.1, -0.05) is 0 Å². The van der Waals surface area contributed by atoms with Gasteiger partial charge in [0.15, 0.2) is 9.84 Å². The van der Waals surface area contributed by atoms with Crippen molar-refractivity contribution in [2.75, 3.05) is 17.8 Å². The molecule has 3 N–H and O–H groups in total. The summed E-state index contributed by atoms with van der Waals surface area (Å²) in [6.45, 7) is 0. The summed E-state index contributed by atoms with van der Waals surface area (Å²) in [5.41, 5.74) is 0. The Hall–Kier alpha value is -1.22. The molecule has 0 aliphatic carbocycles. The highest BCUT2D eigenvalue weighted by Crippen LogP contribution is 2.07. The maximum Gasteiger partial charge on any atom is 0.326 e. The van der Waals surface area contributed by atoms with Crippen LogP contribution in [0.4, 0.5) is 4.79 Å². The maximum absolute atomic E-state index is 11.6. The second kappa shape index (κ2) is 6.80. The van der Waals surface area contributed by atoms with Crippen LogP contribution in [0.1, 0.15) is 6.42 Å². The van der Waals surface area contributed by atoms with Crippen LogP contribution >= 0.6 is 11.8 Å². The van der Waals surface area contributed by atoms with E-state index in [9.17, 15) is 18.0 Å². The molecule has 1 aliphatic rings. The number of sulfone groups is 1. The number of carboxylic acids is 1. The van der Waals surface area contributed by atoms with Gasteiger partial charge in [-0.3, -0.25) is 0 Å². The third kappa shape index (κ3) is 5.52. The van der Waals surface area contributed by atoms with Gasteiger partial charge in [0, 0.05) is 5.41 Å². The van der Waals surface area contributed by atoms with Crippen LogP contribution in [0.2, 0.25) is 0 Å². The summed E-state index contributed by atoms with van der Waals surface area (Å²) in [5, 5.41) is 14.7. The Kier molecular flexibility index (Phi) is 5.67. The van der Waals surface area contributed by atoms with Gasteiger partial charge in [0.05, 0.1) is 11.8 Å². The first-order chi connectivity index (χ1) is 8.84. The van der Waals surface area contributed by atoms with Gasteiger partial charge < -0.3 is 15.7 Å². The van der Waals surface area contributed by atoms with Crippen molar-refractivity contribution in [2.45, 2.75) is 18.5 Å². The maximum atomic E-state index is 11.6. The molecule has 0 radical (unpaired) electrons. The molecule has 0 aromatic rings. The first-order valence-electron chi connectivity index (χ1n) is 5.54. The van der Waals surface area contributed by atoms with E-state index in [1.807, 2.05) is 6.26 Å².